The minimum Gasteiger partial charge on any atom is -0.427 e. The van der Waals surface area contributed by atoms with Crippen molar-refractivity contribution < 1.29 is 9.21 Å². The molecule has 0 fully saturated rings. The average molecular weight is 394 g/mol. The average Bonchev–Trinajstić information content (AvgIpc) is 3.15. The molecule has 0 aliphatic carbocycles. The molecule has 3 aromatic rings. The highest BCUT2D eigenvalue weighted by molar-refractivity contribution is 5.94. The molecule has 1 amide bonds. The van der Waals surface area contributed by atoms with Gasteiger partial charge in [-0.2, -0.15) is 0 Å². The summed E-state index contributed by atoms with van der Waals surface area (Å²) in [6.07, 6.45) is 3.00. The molecule has 0 radical (unpaired) electrons. The zero-order valence-corrected chi connectivity index (χ0v) is 17.3. The van der Waals surface area contributed by atoms with E-state index in [2.05, 4.69) is 10.2 Å². The molecule has 0 bridgehead atoms. The molecule has 3 rings (SSSR count). The number of rotatable bonds is 7. The fourth-order valence-electron chi connectivity index (χ4n) is 3.25. The van der Waals surface area contributed by atoms with Crippen molar-refractivity contribution in [2.45, 2.75) is 46.2 Å². The Morgan fingerprint density at radius 1 is 1.21 bits per heavy atom. The van der Waals surface area contributed by atoms with Crippen molar-refractivity contribution >= 4 is 5.91 Å². The molecule has 2 aromatic heterocycles. The van der Waals surface area contributed by atoms with Gasteiger partial charge in [-0.05, 0) is 44.4 Å². The van der Waals surface area contributed by atoms with Gasteiger partial charge in [-0.15, -0.1) is 10.2 Å². The normalized spacial score (nSPS) is 11.1. The summed E-state index contributed by atoms with van der Waals surface area (Å²) in [4.78, 5) is 26.9. The predicted molar refractivity (Wildman–Crippen MR) is 110 cm³/mol. The van der Waals surface area contributed by atoms with E-state index in [4.69, 9.17) is 4.42 Å². The molecular weight excluding hydrogens is 368 g/mol. The van der Waals surface area contributed by atoms with Gasteiger partial charge in [-0.1, -0.05) is 30.3 Å². The van der Waals surface area contributed by atoms with E-state index < -0.39 is 5.63 Å². The lowest BCUT2D eigenvalue weighted by molar-refractivity contribution is 0.0773. The van der Waals surface area contributed by atoms with Crippen LogP contribution in [-0.2, 0) is 19.4 Å². The lowest BCUT2D eigenvalue weighted by atomic mass is 10.1. The number of amides is 1. The number of hydrogen-bond acceptors (Lipinski definition) is 5. The summed E-state index contributed by atoms with van der Waals surface area (Å²) >= 11 is 0. The quantitative estimate of drug-likeness (QED) is 0.615. The smallest absolute Gasteiger partial charge is 0.349 e. The van der Waals surface area contributed by atoms with E-state index in [0.717, 1.165) is 6.42 Å². The van der Waals surface area contributed by atoms with Gasteiger partial charge in [-0.3, -0.25) is 4.79 Å². The Morgan fingerprint density at radius 3 is 2.59 bits per heavy atom. The Balaban J connectivity index is 1.75. The fraction of sp³-hybridized carbons (Fsp3) is 0.364. The monoisotopic (exact) mass is 394 g/mol. The Bertz CT molecular complexity index is 1040. The Morgan fingerprint density at radius 2 is 1.93 bits per heavy atom. The maximum atomic E-state index is 12.9. The molecule has 2 heterocycles. The van der Waals surface area contributed by atoms with Crippen molar-refractivity contribution in [3.63, 3.8) is 0 Å². The first-order valence-electron chi connectivity index (χ1n) is 9.68. The van der Waals surface area contributed by atoms with E-state index in [9.17, 15) is 9.59 Å². The Labute approximate surface area is 170 Å². The topological polar surface area (TPSA) is 81.2 Å². The summed E-state index contributed by atoms with van der Waals surface area (Å²) in [5.41, 5.74) is 1.25. The zero-order valence-electron chi connectivity index (χ0n) is 17.3. The predicted octanol–water partition coefficient (Wildman–Crippen LogP) is 3.18. The summed E-state index contributed by atoms with van der Waals surface area (Å²) in [5, 5.41) is 8.00. The van der Waals surface area contributed by atoms with E-state index in [0.29, 0.717) is 23.6 Å². The number of hydrogen-bond donors (Lipinski definition) is 0. The standard InChI is InChI=1S/C22H26N4O3/c1-15(2)26-14-23-24-19(26)13-25(4)21(27)20-16(3)12-18(29-22(20)28)11-10-17-8-6-5-7-9-17/h5-9,12,14-15H,10-11,13H2,1-4H3. The molecule has 0 spiro atoms. The van der Waals surface area contributed by atoms with Gasteiger partial charge >= 0.3 is 5.63 Å². The molecule has 1 aromatic carbocycles. The van der Waals surface area contributed by atoms with Gasteiger partial charge in [0.05, 0.1) is 6.54 Å². The van der Waals surface area contributed by atoms with Crippen LogP contribution < -0.4 is 5.63 Å². The number of aryl methyl sites for hydroxylation is 3. The highest BCUT2D eigenvalue weighted by atomic mass is 16.4. The van der Waals surface area contributed by atoms with Gasteiger partial charge < -0.3 is 13.9 Å². The van der Waals surface area contributed by atoms with Gasteiger partial charge in [0.15, 0.2) is 5.82 Å². The maximum absolute atomic E-state index is 12.9. The van der Waals surface area contributed by atoms with Gasteiger partial charge in [0, 0.05) is 19.5 Å². The molecule has 7 heteroatoms. The minimum absolute atomic E-state index is 0.0616. The van der Waals surface area contributed by atoms with Gasteiger partial charge in [0.25, 0.3) is 5.91 Å². The highest BCUT2D eigenvalue weighted by Gasteiger charge is 2.22. The van der Waals surface area contributed by atoms with Crippen LogP contribution >= 0.6 is 0 Å². The van der Waals surface area contributed by atoms with Crippen LogP contribution in [0.25, 0.3) is 0 Å². The van der Waals surface area contributed by atoms with Crippen LogP contribution in [0.15, 0.2) is 51.9 Å². The maximum Gasteiger partial charge on any atom is 0.349 e. The first-order valence-corrected chi connectivity index (χ1v) is 9.68. The molecule has 7 nitrogen and oxygen atoms in total. The minimum atomic E-state index is -0.602. The van der Waals surface area contributed by atoms with Crippen LogP contribution in [0.4, 0.5) is 0 Å². The van der Waals surface area contributed by atoms with E-state index in [1.807, 2.05) is 48.7 Å². The molecule has 0 unspecified atom stereocenters. The molecule has 0 atom stereocenters. The molecule has 0 N–H and O–H groups in total. The van der Waals surface area contributed by atoms with Crippen LogP contribution in [0.5, 0.6) is 0 Å². The van der Waals surface area contributed by atoms with E-state index >= 15 is 0 Å². The number of carbonyl (C=O) groups is 1. The molecular formula is C22H26N4O3. The second-order valence-electron chi connectivity index (χ2n) is 7.45. The molecule has 152 valence electrons. The third-order valence-corrected chi connectivity index (χ3v) is 4.85. The summed E-state index contributed by atoms with van der Waals surface area (Å²) in [7, 11) is 1.64. The van der Waals surface area contributed by atoms with Crippen LogP contribution in [0.3, 0.4) is 0 Å². The van der Waals surface area contributed by atoms with Crippen molar-refractivity contribution in [3.8, 4) is 0 Å². The van der Waals surface area contributed by atoms with Crippen molar-refractivity contribution in [1.29, 1.82) is 0 Å². The summed E-state index contributed by atoms with van der Waals surface area (Å²) in [6.45, 7) is 6.05. The SMILES string of the molecule is Cc1cc(CCc2ccccc2)oc(=O)c1C(=O)N(C)Cc1nncn1C(C)C. The van der Waals surface area contributed by atoms with Crippen LogP contribution in [0.1, 0.15) is 53.0 Å². The fourth-order valence-corrected chi connectivity index (χ4v) is 3.25. The van der Waals surface area contributed by atoms with Crippen molar-refractivity contribution in [3.05, 3.63) is 81.4 Å². The Hall–Kier alpha value is -3.22. The second kappa shape index (κ2) is 8.86. The van der Waals surface area contributed by atoms with Gasteiger partial charge in [0.2, 0.25) is 0 Å². The third kappa shape index (κ3) is 4.80. The molecule has 0 aliphatic heterocycles. The first-order chi connectivity index (χ1) is 13.9. The third-order valence-electron chi connectivity index (χ3n) is 4.85. The van der Waals surface area contributed by atoms with Crippen molar-refractivity contribution in [1.82, 2.24) is 19.7 Å². The summed E-state index contributed by atoms with van der Waals surface area (Å²) in [5.74, 6) is 0.858. The molecule has 29 heavy (non-hydrogen) atoms. The van der Waals surface area contributed by atoms with Gasteiger partial charge in [-0.25, -0.2) is 4.79 Å². The number of aromatic nitrogens is 3. The molecule has 0 saturated heterocycles. The van der Waals surface area contributed by atoms with Crippen molar-refractivity contribution in [2.24, 2.45) is 0 Å². The van der Waals surface area contributed by atoms with E-state index in [-0.39, 0.29) is 24.1 Å². The van der Waals surface area contributed by atoms with Crippen molar-refractivity contribution in [2.75, 3.05) is 7.05 Å². The number of nitrogens with zero attached hydrogens (tertiary/aromatic N) is 4. The Kier molecular flexibility index (Phi) is 6.26. The van der Waals surface area contributed by atoms with Gasteiger partial charge in [0.1, 0.15) is 17.7 Å². The highest BCUT2D eigenvalue weighted by Crippen LogP contribution is 2.14. The lowest BCUT2D eigenvalue weighted by Crippen LogP contribution is -2.32. The summed E-state index contributed by atoms with van der Waals surface area (Å²) in [6, 6.07) is 12.0. The molecule has 0 saturated carbocycles. The number of carbonyl (C=O) groups excluding carboxylic acids is 1. The first kappa shape index (κ1) is 20.5. The largest absolute Gasteiger partial charge is 0.427 e. The van der Waals surface area contributed by atoms with Crippen LogP contribution in [0.2, 0.25) is 0 Å². The zero-order chi connectivity index (χ0) is 21.0. The van der Waals surface area contributed by atoms with E-state index in [1.54, 1.807) is 26.4 Å². The van der Waals surface area contributed by atoms with E-state index in [1.165, 1.54) is 10.5 Å². The van der Waals surface area contributed by atoms with Crippen LogP contribution in [0, 0.1) is 6.92 Å². The lowest BCUT2D eigenvalue weighted by Gasteiger charge is -2.19. The summed E-state index contributed by atoms with van der Waals surface area (Å²) < 4.78 is 7.34. The second-order valence-corrected chi connectivity index (χ2v) is 7.45. The molecule has 0 aliphatic rings. The number of benzene rings is 1. The van der Waals surface area contributed by atoms with Crippen LogP contribution in [-0.4, -0.2) is 32.6 Å².